The molecule has 0 radical (unpaired) electrons. The van der Waals surface area contributed by atoms with Crippen LogP contribution in [0.2, 0.25) is 0 Å². The molecule has 0 amide bonds. The van der Waals surface area contributed by atoms with Gasteiger partial charge in [0.2, 0.25) is 0 Å². The standard InChI is InChI=1S/C14H21NO/c1-11-4-3-5-14(8-11)16-10-12(2)9-15-13-6-7-13/h3-5,8,12-13,15H,6-7,9-10H2,1-2H3. The first-order valence-corrected chi connectivity index (χ1v) is 6.17. The van der Waals surface area contributed by atoms with Gasteiger partial charge in [0.1, 0.15) is 5.75 Å². The highest BCUT2D eigenvalue weighted by molar-refractivity contribution is 5.27. The molecule has 1 saturated carbocycles. The summed E-state index contributed by atoms with van der Waals surface area (Å²) in [6.45, 7) is 6.18. The van der Waals surface area contributed by atoms with E-state index in [0.29, 0.717) is 5.92 Å². The molecule has 0 heterocycles. The minimum absolute atomic E-state index is 0.570. The van der Waals surface area contributed by atoms with Crippen LogP contribution in [0.4, 0.5) is 0 Å². The van der Waals surface area contributed by atoms with Crippen molar-refractivity contribution in [2.45, 2.75) is 32.7 Å². The van der Waals surface area contributed by atoms with Crippen LogP contribution in [-0.4, -0.2) is 19.2 Å². The maximum absolute atomic E-state index is 5.76. The Balaban J connectivity index is 1.69. The molecule has 16 heavy (non-hydrogen) atoms. The molecule has 0 aromatic heterocycles. The van der Waals surface area contributed by atoms with Gasteiger partial charge >= 0.3 is 0 Å². The molecule has 1 aromatic rings. The number of aryl methyl sites for hydroxylation is 1. The highest BCUT2D eigenvalue weighted by Gasteiger charge is 2.20. The van der Waals surface area contributed by atoms with E-state index < -0.39 is 0 Å². The van der Waals surface area contributed by atoms with E-state index in [1.165, 1.54) is 18.4 Å². The molecule has 1 aliphatic rings. The highest BCUT2D eigenvalue weighted by atomic mass is 16.5. The van der Waals surface area contributed by atoms with E-state index >= 15 is 0 Å². The van der Waals surface area contributed by atoms with Crippen molar-refractivity contribution in [2.75, 3.05) is 13.2 Å². The molecule has 0 saturated heterocycles. The largest absolute Gasteiger partial charge is 0.493 e. The third-order valence-corrected chi connectivity index (χ3v) is 2.86. The quantitative estimate of drug-likeness (QED) is 0.794. The normalized spacial score (nSPS) is 17.1. The average molecular weight is 219 g/mol. The lowest BCUT2D eigenvalue weighted by molar-refractivity contribution is 0.255. The van der Waals surface area contributed by atoms with Crippen LogP contribution in [0.25, 0.3) is 0 Å². The van der Waals surface area contributed by atoms with E-state index in [0.717, 1.165) is 24.9 Å². The van der Waals surface area contributed by atoms with Crippen molar-refractivity contribution >= 4 is 0 Å². The molecular weight excluding hydrogens is 198 g/mol. The summed E-state index contributed by atoms with van der Waals surface area (Å²) in [4.78, 5) is 0. The summed E-state index contributed by atoms with van der Waals surface area (Å²) in [5.74, 6) is 1.55. The second kappa shape index (κ2) is 5.35. The predicted molar refractivity (Wildman–Crippen MR) is 66.9 cm³/mol. The Morgan fingerprint density at radius 2 is 2.25 bits per heavy atom. The highest BCUT2D eigenvalue weighted by Crippen LogP contribution is 2.19. The monoisotopic (exact) mass is 219 g/mol. The third-order valence-electron chi connectivity index (χ3n) is 2.86. The Morgan fingerprint density at radius 3 is 2.94 bits per heavy atom. The van der Waals surface area contributed by atoms with E-state index in [9.17, 15) is 0 Å². The summed E-state index contributed by atoms with van der Waals surface area (Å²) in [6.07, 6.45) is 2.71. The zero-order chi connectivity index (χ0) is 11.4. The molecule has 2 nitrogen and oxygen atoms in total. The fourth-order valence-electron chi connectivity index (χ4n) is 1.66. The topological polar surface area (TPSA) is 21.3 Å². The van der Waals surface area contributed by atoms with Gasteiger partial charge in [-0.2, -0.15) is 0 Å². The van der Waals surface area contributed by atoms with Crippen molar-refractivity contribution in [1.82, 2.24) is 5.32 Å². The molecular formula is C14H21NO. The number of benzene rings is 1. The number of hydrogen-bond donors (Lipinski definition) is 1. The Kier molecular flexibility index (Phi) is 3.83. The summed E-state index contributed by atoms with van der Waals surface area (Å²) in [5, 5.41) is 3.52. The molecule has 1 fully saturated rings. The van der Waals surface area contributed by atoms with Gasteiger partial charge in [0.15, 0.2) is 0 Å². The summed E-state index contributed by atoms with van der Waals surface area (Å²) in [5.41, 5.74) is 1.25. The van der Waals surface area contributed by atoms with Gasteiger partial charge in [-0.1, -0.05) is 19.1 Å². The minimum atomic E-state index is 0.570. The van der Waals surface area contributed by atoms with Crippen LogP contribution >= 0.6 is 0 Å². The SMILES string of the molecule is Cc1cccc(OCC(C)CNC2CC2)c1. The van der Waals surface area contributed by atoms with Gasteiger partial charge in [0.05, 0.1) is 6.61 Å². The van der Waals surface area contributed by atoms with Crippen LogP contribution in [0.5, 0.6) is 5.75 Å². The maximum atomic E-state index is 5.76. The van der Waals surface area contributed by atoms with Crippen molar-refractivity contribution in [2.24, 2.45) is 5.92 Å². The summed E-state index contributed by atoms with van der Waals surface area (Å²) in [7, 11) is 0. The van der Waals surface area contributed by atoms with Crippen molar-refractivity contribution in [3.8, 4) is 5.75 Å². The molecule has 0 spiro atoms. The van der Waals surface area contributed by atoms with Crippen LogP contribution < -0.4 is 10.1 Å². The lowest BCUT2D eigenvalue weighted by Gasteiger charge is -2.14. The van der Waals surface area contributed by atoms with Crippen LogP contribution in [0.1, 0.15) is 25.3 Å². The second-order valence-corrected chi connectivity index (χ2v) is 4.92. The van der Waals surface area contributed by atoms with Gasteiger partial charge in [-0.25, -0.2) is 0 Å². The fourth-order valence-corrected chi connectivity index (χ4v) is 1.66. The van der Waals surface area contributed by atoms with Crippen LogP contribution in [0.15, 0.2) is 24.3 Å². The molecule has 1 N–H and O–H groups in total. The molecule has 0 bridgehead atoms. The van der Waals surface area contributed by atoms with E-state index in [-0.39, 0.29) is 0 Å². The van der Waals surface area contributed by atoms with E-state index in [2.05, 4.69) is 31.3 Å². The number of nitrogens with one attached hydrogen (secondary N) is 1. The van der Waals surface area contributed by atoms with Gasteiger partial charge in [-0.05, 0) is 37.5 Å². The summed E-state index contributed by atoms with van der Waals surface area (Å²) < 4.78 is 5.76. The van der Waals surface area contributed by atoms with Crippen LogP contribution in [-0.2, 0) is 0 Å². The number of hydrogen-bond acceptors (Lipinski definition) is 2. The molecule has 1 aromatic carbocycles. The zero-order valence-corrected chi connectivity index (χ0v) is 10.2. The number of rotatable bonds is 6. The van der Waals surface area contributed by atoms with E-state index in [1.54, 1.807) is 0 Å². The zero-order valence-electron chi connectivity index (χ0n) is 10.2. The molecule has 2 heteroatoms. The predicted octanol–water partition coefficient (Wildman–Crippen LogP) is 2.76. The molecule has 1 unspecified atom stereocenters. The average Bonchev–Trinajstić information content (AvgIpc) is 3.07. The van der Waals surface area contributed by atoms with E-state index in [4.69, 9.17) is 4.74 Å². The smallest absolute Gasteiger partial charge is 0.119 e. The van der Waals surface area contributed by atoms with Crippen molar-refractivity contribution < 1.29 is 4.74 Å². The number of ether oxygens (including phenoxy) is 1. The van der Waals surface area contributed by atoms with Crippen molar-refractivity contribution in [3.05, 3.63) is 29.8 Å². The lowest BCUT2D eigenvalue weighted by Crippen LogP contribution is -2.26. The molecule has 1 atom stereocenters. The first-order valence-electron chi connectivity index (χ1n) is 6.17. The van der Waals surface area contributed by atoms with Crippen molar-refractivity contribution in [1.29, 1.82) is 0 Å². The Hall–Kier alpha value is -1.02. The Bertz CT molecular complexity index is 333. The maximum Gasteiger partial charge on any atom is 0.119 e. The van der Waals surface area contributed by atoms with E-state index in [1.807, 2.05) is 12.1 Å². The van der Waals surface area contributed by atoms with Gasteiger partial charge < -0.3 is 10.1 Å². The summed E-state index contributed by atoms with van der Waals surface area (Å²) in [6, 6.07) is 9.03. The molecule has 2 rings (SSSR count). The van der Waals surface area contributed by atoms with Crippen LogP contribution in [0.3, 0.4) is 0 Å². The fraction of sp³-hybridized carbons (Fsp3) is 0.571. The van der Waals surface area contributed by atoms with Gasteiger partial charge in [0, 0.05) is 18.5 Å². The van der Waals surface area contributed by atoms with Crippen molar-refractivity contribution in [3.63, 3.8) is 0 Å². The lowest BCUT2D eigenvalue weighted by atomic mass is 10.2. The molecule has 0 aliphatic heterocycles. The molecule has 1 aliphatic carbocycles. The van der Waals surface area contributed by atoms with Crippen LogP contribution in [0, 0.1) is 12.8 Å². The second-order valence-electron chi connectivity index (χ2n) is 4.92. The third kappa shape index (κ3) is 3.86. The first-order chi connectivity index (χ1) is 7.74. The van der Waals surface area contributed by atoms with Gasteiger partial charge in [0.25, 0.3) is 0 Å². The molecule has 88 valence electrons. The Labute approximate surface area is 98.0 Å². The summed E-state index contributed by atoms with van der Waals surface area (Å²) >= 11 is 0. The van der Waals surface area contributed by atoms with Gasteiger partial charge in [-0.15, -0.1) is 0 Å². The first kappa shape index (κ1) is 11.5. The minimum Gasteiger partial charge on any atom is -0.493 e. The Morgan fingerprint density at radius 1 is 1.44 bits per heavy atom. The van der Waals surface area contributed by atoms with Gasteiger partial charge in [-0.3, -0.25) is 0 Å².